The van der Waals surface area contributed by atoms with E-state index in [9.17, 15) is 14.9 Å². The number of ether oxygens (including phenoxy) is 2. The van der Waals surface area contributed by atoms with Crippen LogP contribution in [0.15, 0.2) is 18.2 Å². The molecule has 1 N–H and O–H groups in total. The number of carbonyl (C=O) groups excluding carboxylic acids is 1. The summed E-state index contributed by atoms with van der Waals surface area (Å²) in [5.41, 5.74) is 0.847. The predicted molar refractivity (Wildman–Crippen MR) is 86.7 cm³/mol. The van der Waals surface area contributed by atoms with Gasteiger partial charge in [-0.25, -0.2) is 0 Å². The van der Waals surface area contributed by atoms with E-state index in [0.717, 1.165) is 5.56 Å². The van der Waals surface area contributed by atoms with E-state index in [0.29, 0.717) is 26.3 Å². The Morgan fingerprint density at radius 3 is 2.39 bits per heavy atom. The minimum atomic E-state index is -0.504. The number of hydrogen-bond acceptors (Lipinski definition) is 6. The van der Waals surface area contributed by atoms with Crippen LogP contribution in [0.5, 0.6) is 0 Å². The number of rotatable bonds is 10. The van der Waals surface area contributed by atoms with Crippen LogP contribution in [0.2, 0.25) is 0 Å². The Morgan fingerprint density at radius 1 is 1.26 bits per heavy atom. The molecule has 23 heavy (non-hydrogen) atoms. The number of hydrogen-bond donors (Lipinski definition) is 1. The van der Waals surface area contributed by atoms with Crippen LogP contribution in [-0.2, 0) is 14.3 Å². The first-order valence-corrected chi connectivity index (χ1v) is 7.23. The molecular weight excluding hydrogens is 302 g/mol. The minimum Gasteiger partial charge on any atom is -0.383 e. The fourth-order valence-corrected chi connectivity index (χ4v) is 2.00. The molecule has 0 aliphatic heterocycles. The van der Waals surface area contributed by atoms with Gasteiger partial charge in [0.1, 0.15) is 5.69 Å². The van der Waals surface area contributed by atoms with Crippen molar-refractivity contribution < 1.29 is 19.2 Å². The number of nitro benzene ring substituents is 1. The van der Waals surface area contributed by atoms with Gasteiger partial charge in [0.25, 0.3) is 5.69 Å². The molecule has 1 rings (SSSR count). The van der Waals surface area contributed by atoms with Gasteiger partial charge in [-0.3, -0.25) is 19.8 Å². The van der Waals surface area contributed by atoms with Crippen molar-refractivity contribution in [2.24, 2.45) is 0 Å². The second kappa shape index (κ2) is 9.88. The van der Waals surface area contributed by atoms with Gasteiger partial charge in [-0.2, -0.15) is 0 Å². The highest BCUT2D eigenvalue weighted by Crippen LogP contribution is 2.25. The number of methoxy groups -OCH3 is 2. The maximum absolute atomic E-state index is 12.2. The Morgan fingerprint density at radius 2 is 1.87 bits per heavy atom. The summed E-state index contributed by atoms with van der Waals surface area (Å²) in [6.07, 6.45) is 0. The van der Waals surface area contributed by atoms with E-state index in [-0.39, 0.29) is 23.8 Å². The van der Waals surface area contributed by atoms with Crippen molar-refractivity contribution in [3.8, 4) is 0 Å². The van der Waals surface area contributed by atoms with E-state index in [1.165, 1.54) is 6.07 Å². The standard InChI is InChI=1S/C15H23N3O5/c1-12-4-5-13(14(10-12)18(20)21)16-15(19)11-17(6-8-22-2)7-9-23-3/h4-5,10H,6-9,11H2,1-3H3,(H,16,19). The van der Waals surface area contributed by atoms with Gasteiger partial charge in [0.15, 0.2) is 0 Å². The van der Waals surface area contributed by atoms with E-state index < -0.39 is 4.92 Å². The Bertz CT molecular complexity index is 528. The van der Waals surface area contributed by atoms with Crippen molar-refractivity contribution in [3.63, 3.8) is 0 Å². The molecule has 128 valence electrons. The van der Waals surface area contributed by atoms with Crippen LogP contribution in [0.1, 0.15) is 5.56 Å². The van der Waals surface area contributed by atoms with Crippen LogP contribution in [-0.4, -0.2) is 62.8 Å². The van der Waals surface area contributed by atoms with Gasteiger partial charge in [0, 0.05) is 33.4 Å². The Hall–Kier alpha value is -2.03. The van der Waals surface area contributed by atoms with E-state index in [1.54, 1.807) is 33.3 Å². The minimum absolute atomic E-state index is 0.109. The second-order valence-electron chi connectivity index (χ2n) is 5.09. The molecule has 0 spiro atoms. The van der Waals surface area contributed by atoms with Crippen molar-refractivity contribution in [3.05, 3.63) is 33.9 Å². The molecule has 0 fully saturated rings. The van der Waals surface area contributed by atoms with Crippen LogP contribution < -0.4 is 5.32 Å². The molecule has 0 unspecified atom stereocenters. The summed E-state index contributed by atoms with van der Waals surface area (Å²) in [5.74, 6) is -0.316. The second-order valence-corrected chi connectivity index (χ2v) is 5.09. The lowest BCUT2D eigenvalue weighted by Gasteiger charge is -2.20. The zero-order chi connectivity index (χ0) is 17.2. The third-order valence-electron chi connectivity index (χ3n) is 3.21. The first kappa shape index (κ1) is 19.0. The number of benzene rings is 1. The molecule has 8 heteroatoms. The molecule has 0 aliphatic rings. The van der Waals surface area contributed by atoms with E-state index in [2.05, 4.69) is 5.32 Å². The van der Waals surface area contributed by atoms with Crippen molar-refractivity contribution in [1.29, 1.82) is 0 Å². The first-order chi connectivity index (χ1) is 11.0. The lowest BCUT2D eigenvalue weighted by molar-refractivity contribution is -0.384. The number of amides is 1. The van der Waals surface area contributed by atoms with Crippen LogP contribution in [0.3, 0.4) is 0 Å². The third kappa shape index (κ3) is 6.72. The van der Waals surface area contributed by atoms with Gasteiger partial charge in [0.05, 0.1) is 24.7 Å². The number of aryl methyl sites for hydroxylation is 1. The summed E-state index contributed by atoms with van der Waals surface area (Å²) in [6, 6.07) is 4.69. The van der Waals surface area contributed by atoms with Gasteiger partial charge in [-0.15, -0.1) is 0 Å². The largest absolute Gasteiger partial charge is 0.383 e. The van der Waals surface area contributed by atoms with Crippen LogP contribution in [0.4, 0.5) is 11.4 Å². The number of nitrogens with zero attached hydrogens (tertiary/aromatic N) is 2. The molecule has 0 saturated carbocycles. The van der Waals surface area contributed by atoms with Gasteiger partial charge >= 0.3 is 0 Å². The number of carbonyl (C=O) groups is 1. The zero-order valence-corrected chi connectivity index (χ0v) is 13.7. The van der Waals surface area contributed by atoms with Gasteiger partial charge in [-0.1, -0.05) is 6.07 Å². The maximum atomic E-state index is 12.2. The fraction of sp³-hybridized carbons (Fsp3) is 0.533. The molecule has 1 amide bonds. The highest BCUT2D eigenvalue weighted by Gasteiger charge is 2.17. The average molecular weight is 325 g/mol. The molecule has 0 saturated heterocycles. The first-order valence-electron chi connectivity index (χ1n) is 7.23. The highest BCUT2D eigenvalue weighted by molar-refractivity contribution is 5.94. The Kier molecular flexibility index (Phi) is 8.17. The summed E-state index contributed by atoms with van der Waals surface area (Å²) in [7, 11) is 3.18. The van der Waals surface area contributed by atoms with Crippen molar-refractivity contribution in [2.75, 3.05) is 52.4 Å². The lowest BCUT2D eigenvalue weighted by atomic mass is 10.2. The van der Waals surface area contributed by atoms with Crippen LogP contribution in [0, 0.1) is 17.0 Å². The van der Waals surface area contributed by atoms with Gasteiger partial charge in [0.2, 0.25) is 5.91 Å². The molecule has 1 aromatic carbocycles. The molecule has 0 bridgehead atoms. The van der Waals surface area contributed by atoms with Gasteiger partial charge < -0.3 is 14.8 Å². The zero-order valence-electron chi connectivity index (χ0n) is 13.7. The predicted octanol–water partition coefficient (Wildman–Crippen LogP) is 1.44. The topological polar surface area (TPSA) is 93.9 Å². The van der Waals surface area contributed by atoms with Crippen molar-refractivity contribution in [1.82, 2.24) is 4.90 Å². The average Bonchev–Trinajstić information content (AvgIpc) is 2.51. The molecule has 8 nitrogen and oxygen atoms in total. The molecule has 0 heterocycles. The molecule has 0 aliphatic carbocycles. The molecule has 0 aromatic heterocycles. The molecular formula is C15H23N3O5. The SMILES string of the molecule is COCCN(CCOC)CC(=O)Nc1ccc(C)cc1[N+](=O)[O-]. The molecule has 0 radical (unpaired) electrons. The smallest absolute Gasteiger partial charge is 0.293 e. The maximum Gasteiger partial charge on any atom is 0.293 e. The lowest BCUT2D eigenvalue weighted by Crippen LogP contribution is -2.37. The highest BCUT2D eigenvalue weighted by atomic mass is 16.6. The van der Waals surface area contributed by atoms with Gasteiger partial charge in [-0.05, 0) is 18.6 Å². The fourth-order valence-electron chi connectivity index (χ4n) is 2.00. The molecule has 1 aromatic rings. The van der Waals surface area contributed by atoms with Crippen LogP contribution in [0.25, 0.3) is 0 Å². The number of nitro groups is 1. The van der Waals surface area contributed by atoms with Crippen LogP contribution >= 0.6 is 0 Å². The summed E-state index contributed by atoms with van der Waals surface area (Å²) in [5, 5.41) is 13.7. The Labute approximate surface area is 135 Å². The normalized spacial score (nSPS) is 10.8. The molecule has 0 atom stereocenters. The number of nitrogens with one attached hydrogen (secondary N) is 1. The monoisotopic (exact) mass is 325 g/mol. The Balaban J connectivity index is 2.71. The van der Waals surface area contributed by atoms with Crippen molar-refractivity contribution >= 4 is 17.3 Å². The number of anilines is 1. The summed E-state index contributed by atoms with van der Waals surface area (Å²) in [6.45, 7) is 3.99. The van der Waals surface area contributed by atoms with E-state index >= 15 is 0 Å². The van der Waals surface area contributed by atoms with E-state index in [1.807, 2.05) is 4.90 Å². The summed E-state index contributed by atoms with van der Waals surface area (Å²) < 4.78 is 10.0. The summed E-state index contributed by atoms with van der Waals surface area (Å²) in [4.78, 5) is 24.6. The third-order valence-corrected chi connectivity index (χ3v) is 3.21. The van der Waals surface area contributed by atoms with Crippen molar-refractivity contribution in [2.45, 2.75) is 6.92 Å². The quantitative estimate of drug-likeness (QED) is 0.517. The van der Waals surface area contributed by atoms with E-state index in [4.69, 9.17) is 9.47 Å². The summed E-state index contributed by atoms with van der Waals surface area (Å²) >= 11 is 0.